The number of aliphatic hydroxyl groups is 1. The molecule has 0 aromatic carbocycles. The average molecular weight is 225 g/mol. The van der Waals surface area contributed by atoms with Crippen molar-refractivity contribution in [1.82, 2.24) is 4.98 Å². The molecule has 15 heavy (non-hydrogen) atoms. The fourth-order valence-electron chi connectivity index (χ4n) is 0.852. The third-order valence-electron chi connectivity index (χ3n) is 1.44. The van der Waals surface area contributed by atoms with E-state index in [2.05, 4.69) is 9.72 Å². The molecule has 84 valence electrons. The number of nitrogens with zero attached hydrogens (tertiary/aromatic N) is 1. The van der Waals surface area contributed by atoms with Crippen LogP contribution in [-0.4, -0.2) is 22.9 Å². The summed E-state index contributed by atoms with van der Waals surface area (Å²) in [7, 11) is 0. The van der Waals surface area contributed by atoms with Gasteiger partial charge in [0.25, 0.3) is 0 Å². The molecule has 0 aliphatic rings. The Bertz CT molecular complexity index is 340. The van der Waals surface area contributed by atoms with E-state index in [-0.39, 0.29) is 5.69 Å². The monoisotopic (exact) mass is 225 g/mol. The summed E-state index contributed by atoms with van der Waals surface area (Å²) in [6, 6.07) is 0.740. The molecule has 0 bridgehead atoms. The molecule has 7 heteroatoms. The highest BCUT2D eigenvalue weighted by atomic mass is 19.4. The highest BCUT2D eigenvalue weighted by Crippen LogP contribution is 2.21. The van der Waals surface area contributed by atoms with Crippen molar-refractivity contribution in [3.8, 4) is 5.75 Å². The van der Waals surface area contributed by atoms with E-state index in [0.29, 0.717) is 0 Å². The number of aliphatic hydroxyl groups excluding tert-OH is 1. The van der Waals surface area contributed by atoms with Crippen LogP contribution in [-0.2, 0) is 6.61 Å². The summed E-state index contributed by atoms with van der Waals surface area (Å²) in [6.07, 6.45) is -3.73. The molecule has 0 aliphatic heterocycles. The molecule has 0 saturated carbocycles. The second-order valence-electron chi connectivity index (χ2n) is 2.66. The molecule has 0 atom stereocenters. The lowest BCUT2D eigenvalue weighted by Crippen LogP contribution is -2.20. The van der Waals surface area contributed by atoms with Crippen LogP contribution in [0.2, 0.25) is 0 Å². The van der Waals surface area contributed by atoms with Crippen molar-refractivity contribution in [1.29, 1.82) is 0 Å². The Morgan fingerprint density at radius 1 is 1.40 bits per heavy atom. The van der Waals surface area contributed by atoms with Gasteiger partial charge in [-0.05, 0) is 0 Å². The first kappa shape index (κ1) is 11.7. The topological polar surface area (TPSA) is 42.4 Å². The Morgan fingerprint density at radius 3 is 2.60 bits per heavy atom. The molecule has 0 aliphatic carbocycles. The lowest BCUT2D eigenvalue weighted by molar-refractivity contribution is -0.153. The molecule has 3 nitrogen and oxygen atoms in total. The molecule has 0 amide bonds. The minimum Gasteiger partial charge on any atom is -0.482 e. The number of hydrogen-bond donors (Lipinski definition) is 1. The van der Waals surface area contributed by atoms with E-state index in [9.17, 15) is 17.6 Å². The van der Waals surface area contributed by atoms with Crippen molar-refractivity contribution in [2.45, 2.75) is 12.8 Å². The molecule has 0 unspecified atom stereocenters. The molecule has 1 aromatic heterocycles. The van der Waals surface area contributed by atoms with Crippen molar-refractivity contribution in [2.75, 3.05) is 6.61 Å². The summed E-state index contributed by atoms with van der Waals surface area (Å²) < 4.78 is 52.2. The van der Waals surface area contributed by atoms with Crippen molar-refractivity contribution in [3.63, 3.8) is 0 Å². The molecule has 0 saturated heterocycles. The summed E-state index contributed by atoms with van der Waals surface area (Å²) in [5.74, 6) is -1.24. The first-order valence-electron chi connectivity index (χ1n) is 3.87. The van der Waals surface area contributed by atoms with Gasteiger partial charge in [-0.1, -0.05) is 0 Å². The third-order valence-corrected chi connectivity index (χ3v) is 1.44. The summed E-state index contributed by atoms with van der Waals surface area (Å²) >= 11 is 0. The zero-order valence-electron chi connectivity index (χ0n) is 7.38. The molecule has 0 spiro atoms. The van der Waals surface area contributed by atoms with E-state index in [0.717, 1.165) is 12.3 Å². The van der Waals surface area contributed by atoms with Gasteiger partial charge in [0.05, 0.1) is 12.8 Å². The largest absolute Gasteiger partial charge is 0.482 e. The molecule has 1 heterocycles. The smallest absolute Gasteiger partial charge is 0.422 e. The van der Waals surface area contributed by atoms with E-state index < -0.39 is 31.0 Å². The Morgan fingerprint density at radius 2 is 2.07 bits per heavy atom. The Hall–Kier alpha value is -1.37. The fraction of sp³-hybridized carbons (Fsp3) is 0.375. The number of hydrogen-bond acceptors (Lipinski definition) is 3. The molecule has 0 fully saturated rings. The maximum atomic E-state index is 12.6. The number of aromatic nitrogens is 1. The molecular formula is C8H7F4NO2. The predicted octanol–water partition coefficient (Wildman–Crippen LogP) is 1.65. The summed E-state index contributed by atoms with van der Waals surface area (Å²) in [6.45, 7) is -2.17. The van der Waals surface area contributed by atoms with Gasteiger partial charge in [0.2, 0.25) is 0 Å². The van der Waals surface area contributed by atoms with Crippen molar-refractivity contribution in [3.05, 3.63) is 23.8 Å². The maximum Gasteiger partial charge on any atom is 0.422 e. The summed E-state index contributed by atoms with van der Waals surface area (Å²) in [5, 5.41) is 8.69. The number of pyridine rings is 1. The van der Waals surface area contributed by atoms with E-state index in [1.165, 1.54) is 0 Å². The van der Waals surface area contributed by atoms with Gasteiger partial charge in [-0.3, -0.25) is 4.98 Å². The highest BCUT2D eigenvalue weighted by molar-refractivity contribution is 5.27. The standard InChI is InChI=1S/C8H7F4NO2/c9-5-1-7(6(3-14)13-2-5)15-4-8(10,11)12/h1-2,14H,3-4H2. The molecular weight excluding hydrogens is 218 g/mol. The lowest BCUT2D eigenvalue weighted by Gasteiger charge is -2.11. The normalized spacial score (nSPS) is 11.5. The Kier molecular flexibility index (Phi) is 3.46. The van der Waals surface area contributed by atoms with E-state index in [4.69, 9.17) is 5.11 Å². The second kappa shape index (κ2) is 4.43. The van der Waals surface area contributed by atoms with Crippen LogP contribution in [0.25, 0.3) is 0 Å². The summed E-state index contributed by atoms with van der Waals surface area (Å²) in [4.78, 5) is 3.38. The summed E-state index contributed by atoms with van der Waals surface area (Å²) in [5.41, 5.74) is -0.138. The molecule has 1 aromatic rings. The van der Waals surface area contributed by atoms with Crippen LogP contribution in [0.4, 0.5) is 17.6 Å². The van der Waals surface area contributed by atoms with Crippen LogP contribution in [0.3, 0.4) is 0 Å². The zero-order chi connectivity index (χ0) is 11.5. The number of alkyl halides is 3. The van der Waals surface area contributed by atoms with Crippen LogP contribution in [0.1, 0.15) is 5.69 Å². The molecule has 0 radical (unpaired) electrons. The van der Waals surface area contributed by atoms with Gasteiger partial charge in [-0.15, -0.1) is 0 Å². The van der Waals surface area contributed by atoms with Gasteiger partial charge in [-0.25, -0.2) is 4.39 Å². The maximum absolute atomic E-state index is 12.6. The quantitative estimate of drug-likeness (QED) is 0.795. The fourth-order valence-corrected chi connectivity index (χ4v) is 0.852. The zero-order valence-corrected chi connectivity index (χ0v) is 7.38. The lowest BCUT2D eigenvalue weighted by atomic mass is 10.3. The van der Waals surface area contributed by atoms with Crippen LogP contribution >= 0.6 is 0 Å². The average Bonchev–Trinajstić information content (AvgIpc) is 2.14. The number of ether oxygens (including phenoxy) is 1. The van der Waals surface area contributed by atoms with Gasteiger partial charge in [0.1, 0.15) is 17.3 Å². The van der Waals surface area contributed by atoms with E-state index in [1.807, 2.05) is 0 Å². The molecule has 1 rings (SSSR count). The van der Waals surface area contributed by atoms with Crippen molar-refractivity contribution < 1.29 is 27.4 Å². The van der Waals surface area contributed by atoms with Gasteiger partial charge < -0.3 is 9.84 Å². The van der Waals surface area contributed by atoms with Crippen molar-refractivity contribution in [2.24, 2.45) is 0 Å². The number of halogens is 4. The first-order chi connectivity index (χ1) is 6.92. The third kappa shape index (κ3) is 3.70. The van der Waals surface area contributed by atoms with Crippen molar-refractivity contribution >= 4 is 0 Å². The Labute approximate surface area is 82.3 Å². The SMILES string of the molecule is OCc1ncc(F)cc1OCC(F)(F)F. The van der Waals surface area contributed by atoms with E-state index >= 15 is 0 Å². The van der Waals surface area contributed by atoms with E-state index in [1.54, 1.807) is 0 Å². The second-order valence-corrected chi connectivity index (χ2v) is 2.66. The first-order valence-corrected chi connectivity index (χ1v) is 3.87. The van der Waals surface area contributed by atoms with Crippen LogP contribution in [0, 0.1) is 5.82 Å². The minimum atomic E-state index is -4.51. The Balaban J connectivity index is 2.79. The van der Waals surface area contributed by atoms with Crippen LogP contribution in [0.15, 0.2) is 12.3 Å². The van der Waals surface area contributed by atoms with Crippen LogP contribution < -0.4 is 4.74 Å². The predicted molar refractivity (Wildman–Crippen MR) is 41.7 cm³/mol. The molecule has 1 N–H and O–H groups in total. The van der Waals surface area contributed by atoms with Gasteiger partial charge in [0.15, 0.2) is 6.61 Å². The van der Waals surface area contributed by atoms with Crippen LogP contribution in [0.5, 0.6) is 5.75 Å². The minimum absolute atomic E-state index is 0.138. The highest BCUT2D eigenvalue weighted by Gasteiger charge is 2.29. The van der Waals surface area contributed by atoms with Gasteiger partial charge >= 0.3 is 6.18 Å². The van der Waals surface area contributed by atoms with Gasteiger partial charge in [0, 0.05) is 6.07 Å². The number of rotatable bonds is 3. The van der Waals surface area contributed by atoms with Gasteiger partial charge in [-0.2, -0.15) is 13.2 Å².